The van der Waals surface area contributed by atoms with E-state index in [4.69, 9.17) is 9.47 Å². The summed E-state index contributed by atoms with van der Waals surface area (Å²) < 4.78 is 36.8. The van der Waals surface area contributed by atoms with Gasteiger partial charge < -0.3 is 19.7 Å². The highest BCUT2D eigenvalue weighted by Crippen LogP contribution is 2.24. The molecule has 2 rings (SSSR count). The van der Waals surface area contributed by atoms with Crippen molar-refractivity contribution in [2.75, 3.05) is 31.3 Å². The van der Waals surface area contributed by atoms with E-state index in [1.54, 1.807) is 36.3 Å². The fourth-order valence-electron chi connectivity index (χ4n) is 4.04. The summed E-state index contributed by atoms with van der Waals surface area (Å²) in [5.41, 5.74) is 1.29. The smallest absolute Gasteiger partial charge is 0.243 e. The van der Waals surface area contributed by atoms with Gasteiger partial charge in [0.2, 0.25) is 21.8 Å². The van der Waals surface area contributed by atoms with Gasteiger partial charge >= 0.3 is 0 Å². The van der Waals surface area contributed by atoms with Crippen molar-refractivity contribution < 1.29 is 27.5 Å². The first-order chi connectivity index (χ1) is 17.5. The summed E-state index contributed by atoms with van der Waals surface area (Å²) in [6, 6.07) is 13.4. The Kier molecular flexibility index (Phi) is 11.2. The van der Waals surface area contributed by atoms with E-state index in [2.05, 4.69) is 5.32 Å². The van der Waals surface area contributed by atoms with Gasteiger partial charge in [0.25, 0.3) is 0 Å². The number of nitrogens with zero attached hydrogens (tertiary/aromatic N) is 2. The Hall–Kier alpha value is -3.27. The van der Waals surface area contributed by atoms with Crippen molar-refractivity contribution in [3.8, 4) is 11.5 Å². The lowest BCUT2D eigenvalue weighted by Crippen LogP contribution is -2.50. The average Bonchev–Trinajstić information content (AvgIpc) is 2.85. The molecule has 0 saturated heterocycles. The monoisotopic (exact) mass is 533 g/mol. The minimum absolute atomic E-state index is 0.0681. The van der Waals surface area contributed by atoms with Gasteiger partial charge in [0, 0.05) is 31.6 Å². The third kappa shape index (κ3) is 8.96. The average molecular weight is 534 g/mol. The lowest BCUT2D eigenvalue weighted by atomic mass is 10.1. The largest absolute Gasteiger partial charge is 0.497 e. The lowest BCUT2D eigenvalue weighted by Gasteiger charge is -2.31. The van der Waals surface area contributed by atoms with E-state index in [1.807, 2.05) is 45.0 Å². The van der Waals surface area contributed by atoms with Crippen LogP contribution in [0, 0.1) is 0 Å². The fourth-order valence-corrected chi connectivity index (χ4v) is 4.99. The van der Waals surface area contributed by atoms with Crippen LogP contribution in [0.3, 0.4) is 0 Å². The van der Waals surface area contributed by atoms with Gasteiger partial charge in [-0.3, -0.25) is 13.9 Å². The Labute approximate surface area is 220 Å². The first-order valence-corrected chi connectivity index (χ1v) is 14.2. The molecule has 0 saturated carbocycles. The number of nitrogens with one attached hydrogen (secondary N) is 1. The molecule has 0 aromatic heterocycles. The first kappa shape index (κ1) is 30.0. The third-order valence-corrected chi connectivity index (χ3v) is 6.99. The quantitative estimate of drug-likeness (QED) is 0.398. The summed E-state index contributed by atoms with van der Waals surface area (Å²) in [6.45, 7) is 5.95. The van der Waals surface area contributed by atoms with Crippen LogP contribution in [0.2, 0.25) is 0 Å². The van der Waals surface area contributed by atoms with Crippen molar-refractivity contribution in [3.05, 3.63) is 54.1 Å². The molecule has 2 aromatic carbocycles. The predicted octanol–water partition coefficient (Wildman–Crippen LogP) is 3.58. The van der Waals surface area contributed by atoms with E-state index in [9.17, 15) is 18.0 Å². The highest BCUT2D eigenvalue weighted by molar-refractivity contribution is 7.92. The van der Waals surface area contributed by atoms with Crippen LogP contribution in [-0.4, -0.2) is 64.2 Å². The van der Waals surface area contributed by atoms with Crippen molar-refractivity contribution in [1.82, 2.24) is 10.2 Å². The van der Waals surface area contributed by atoms with Crippen LogP contribution in [0.5, 0.6) is 11.5 Å². The van der Waals surface area contributed by atoms with Gasteiger partial charge in [-0.25, -0.2) is 8.42 Å². The summed E-state index contributed by atoms with van der Waals surface area (Å²) in [5, 5.41) is 2.91. The predicted molar refractivity (Wildman–Crippen MR) is 145 cm³/mol. The maximum atomic E-state index is 13.5. The van der Waals surface area contributed by atoms with Crippen LogP contribution in [0.15, 0.2) is 48.5 Å². The summed E-state index contributed by atoms with van der Waals surface area (Å²) in [5.74, 6) is 0.746. The Morgan fingerprint density at radius 3 is 2.19 bits per heavy atom. The molecule has 2 aromatic rings. The second-order valence-corrected chi connectivity index (χ2v) is 11.0. The molecular formula is C27H39N3O6S. The Bertz CT molecular complexity index is 1150. The summed E-state index contributed by atoms with van der Waals surface area (Å²) in [4.78, 5) is 28.0. The Morgan fingerprint density at radius 2 is 1.62 bits per heavy atom. The molecule has 0 radical (unpaired) electrons. The minimum atomic E-state index is -3.59. The van der Waals surface area contributed by atoms with Crippen LogP contribution in [0.25, 0.3) is 0 Å². The van der Waals surface area contributed by atoms with Crippen molar-refractivity contribution in [2.24, 2.45) is 0 Å². The van der Waals surface area contributed by atoms with Gasteiger partial charge in [0.15, 0.2) is 0 Å². The molecule has 1 N–H and O–H groups in total. The van der Waals surface area contributed by atoms with Crippen molar-refractivity contribution in [3.63, 3.8) is 0 Å². The highest BCUT2D eigenvalue weighted by atomic mass is 32.2. The summed E-state index contributed by atoms with van der Waals surface area (Å²) in [7, 11) is -0.505. The number of carbonyl (C=O) groups is 2. The van der Waals surface area contributed by atoms with E-state index in [-0.39, 0.29) is 43.8 Å². The topological polar surface area (TPSA) is 105 Å². The molecule has 204 valence electrons. The molecule has 0 bridgehead atoms. The van der Waals surface area contributed by atoms with E-state index in [1.165, 1.54) is 11.4 Å². The zero-order valence-corrected chi connectivity index (χ0v) is 23.4. The van der Waals surface area contributed by atoms with Gasteiger partial charge in [-0.1, -0.05) is 25.1 Å². The number of methoxy groups -OCH3 is 2. The van der Waals surface area contributed by atoms with Gasteiger partial charge in [0.05, 0.1) is 26.2 Å². The molecule has 0 aliphatic rings. The lowest BCUT2D eigenvalue weighted by molar-refractivity contribution is -0.141. The maximum Gasteiger partial charge on any atom is 0.243 e. The van der Waals surface area contributed by atoms with Crippen LogP contribution in [0.1, 0.15) is 45.6 Å². The van der Waals surface area contributed by atoms with Crippen LogP contribution in [-0.2, 0) is 26.2 Å². The molecule has 0 spiro atoms. The Morgan fingerprint density at radius 1 is 1.00 bits per heavy atom. The minimum Gasteiger partial charge on any atom is -0.497 e. The SMILES string of the molecule is CCC(C(=O)NC(C)C)N(Cc1cccc(OC)c1)C(=O)CCCN(c1cccc(OC)c1)S(C)(=O)=O. The second-order valence-electron chi connectivity index (χ2n) is 9.10. The third-order valence-electron chi connectivity index (χ3n) is 5.80. The molecule has 1 unspecified atom stereocenters. The van der Waals surface area contributed by atoms with Gasteiger partial charge in [0.1, 0.15) is 17.5 Å². The van der Waals surface area contributed by atoms with Crippen molar-refractivity contribution in [2.45, 2.75) is 58.7 Å². The number of hydrogen-bond acceptors (Lipinski definition) is 6. The van der Waals surface area contributed by atoms with Crippen molar-refractivity contribution in [1.29, 1.82) is 0 Å². The zero-order chi connectivity index (χ0) is 27.6. The molecule has 1 atom stereocenters. The van der Waals surface area contributed by atoms with E-state index in [0.29, 0.717) is 23.6 Å². The summed E-state index contributed by atoms with van der Waals surface area (Å²) in [6.07, 6.45) is 1.92. The number of benzene rings is 2. The highest BCUT2D eigenvalue weighted by Gasteiger charge is 2.29. The molecule has 0 aliphatic carbocycles. The zero-order valence-electron chi connectivity index (χ0n) is 22.6. The number of sulfonamides is 1. The molecule has 37 heavy (non-hydrogen) atoms. The standard InChI is InChI=1S/C27H39N3O6S/c1-7-25(27(32)28-20(2)3)29(19-21-11-8-13-23(17-21)35-4)26(31)15-10-16-30(37(6,33)34)22-12-9-14-24(18-22)36-5/h8-9,11-14,17-18,20,25H,7,10,15-16,19H2,1-6H3,(H,28,32). The summed E-state index contributed by atoms with van der Waals surface area (Å²) >= 11 is 0. The van der Waals surface area contributed by atoms with Crippen molar-refractivity contribution >= 4 is 27.5 Å². The van der Waals surface area contributed by atoms with Gasteiger partial charge in [-0.15, -0.1) is 0 Å². The second kappa shape index (κ2) is 13.9. The number of amides is 2. The van der Waals surface area contributed by atoms with Crippen LogP contribution >= 0.6 is 0 Å². The molecule has 9 nitrogen and oxygen atoms in total. The van der Waals surface area contributed by atoms with Gasteiger partial charge in [-0.05, 0) is 56.5 Å². The number of carbonyl (C=O) groups excluding carboxylic acids is 2. The van der Waals surface area contributed by atoms with E-state index >= 15 is 0 Å². The Balaban J connectivity index is 2.25. The number of anilines is 1. The van der Waals surface area contributed by atoms with Crippen LogP contribution in [0.4, 0.5) is 5.69 Å². The molecule has 2 amide bonds. The number of hydrogen-bond donors (Lipinski definition) is 1. The molecule has 0 aliphatic heterocycles. The maximum absolute atomic E-state index is 13.5. The molecule has 10 heteroatoms. The van der Waals surface area contributed by atoms with Crippen LogP contribution < -0.4 is 19.1 Å². The first-order valence-electron chi connectivity index (χ1n) is 12.3. The fraction of sp³-hybridized carbons (Fsp3) is 0.481. The van der Waals surface area contributed by atoms with Gasteiger partial charge in [-0.2, -0.15) is 0 Å². The van der Waals surface area contributed by atoms with E-state index < -0.39 is 16.1 Å². The normalized spacial score (nSPS) is 12.1. The molecule has 0 fully saturated rings. The number of rotatable bonds is 14. The molecule has 0 heterocycles. The number of ether oxygens (including phenoxy) is 2. The molecular weight excluding hydrogens is 494 g/mol. The van der Waals surface area contributed by atoms with E-state index in [0.717, 1.165) is 11.8 Å².